The van der Waals surface area contributed by atoms with E-state index in [1.807, 2.05) is 24.3 Å². The lowest BCUT2D eigenvalue weighted by Gasteiger charge is -2.05. The van der Waals surface area contributed by atoms with Gasteiger partial charge in [0.25, 0.3) is 0 Å². The Morgan fingerprint density at radius 1 is 0.900 bits per heavy atom. The van der Waals surface area contributed by atoms with Crippen molar-refractivity contribution in [2.45, 2.75) is 0 Å². The van der Waals surface area contributed by atoms with E-state index in [1.54, 1.807) is 30.3 Å². The molecule has 0 saturated heterocycles. The normalized spacial score (nSPS) is 9.90. The van der Waals surface area contributed by atoms with Crippen molar-refractivity contribution in [3.8, 4) is 23.6 Å². The van der Waals surface area contributed by atoms with Crippen LogP contribution in [-0.4, -0.2) is 0 Å². The quantitative estimate of drug-likeness (QED) is 0.699. The van der Waals surface area contributed by atoms with Crippen molar-refractivity contribution in [1.29, 1.82) is 10.5 Å². The van der Waals surface area contributed by atoms with Gasteiger partial charge in [-0.3, -0.25) is 0 Å². The lowest BCUT2D eigenvalue weighted by Crippen LogP contribution is -1.88. The molecule has 1 heterocycles. The molecule has 0 aliphatic carbocycles. The fourth-order valence-corrected chi connectivity index (χ4v) is 1.95. The third-order valence-electron chi connectivity index (χ3n) is 2.87. The van der Waals surface area contributed by atoms with Crippen LogP contribution in [0.1, 0.15) is 11.3 Å². The van der Waals surface area contributed by atoms with E-state index in [0.717, 1.165) is 0 Å². The Morgan fingerprint density at radius 3 is 2.45 bits per heavy atom. The first-order valence-corrected chi connectivity index (χ1v) is 5.92. The highest BCUT2D eigenvalue weighted by Crippen LogP contribution is 2.36. The smallest absolute Gasteiger partial charge is 0.247 e. The average Bonchev–Trinajstić information content (AvgIpc) is 2.86. The summed E-state index contributed by atoms with van der Waals surface area (Å²) >= 11 is 0. The van der Waals surface area contributed by atoms with Crippen molar-refractivity contribution in [2.75, 3.05) is 0 Å². The summed E-state index contributed by atoms with van der Waals surface area (Å²) in [7, 11) is 0. The van der Waals surface area contributed by atoms with Crippen LogP contribution in [0.4, 0.5) is 0 Å². The second-order valence-corrected chi connectivity index (χ2v) is 4.08. The molecule has 0 spiro atoms. The summed E-state index contributed by atoms with van der Waals surface area (Å²) in [5.74, 6) is 0.836. The molecule has 94 valence electrons. The van der Waals surface area contributed by atoms with Crippen molar-refractivity contribution in [2.24, 2.45) is 0 Å². The first kappa shape index (κ1) is 11.8. The van der Waals surface area contributed by atoms with E-state index < -0.39 is 0 Å². The summed E-state index contributed by atoms with van der Waals surface area (Å²) in [6.07, 6.45) is 0. The molecule has 3 aromatic rings. The number of rotatable bonds is 2. The van der Waals surface area contributed by atoms with Crippen LogP contribution in [0.2, 0.25) is 0 Å². The maximum Gasteiger partial charge on any atom is 0.247 e. The molecule has 0 bridgehead atoms. The number of benzene rings is 2. The van der Waals surface area contributed by atoms with Gasteiger partial charge in [-0.25, -0.2) is 0 Å². The third kappa shape index (κ3) is 1.86. The molecule has 0 unspecified atom stereocenters. The molecule has 20 heavy (non-hydrogen) atoms. The number of nitrogens with zero attached hydrogens (tertiary/aromatic N) is 2. The highest BCUT2D eigenvalue weighted by Gasteiger charge is 2.17. The van der Waals surface area contributed by atoms with Crippen LogP contribution in [0.5, 0.6) is 11.5 Å². The Balaban J connectivity index is 2.16. The third-order valence-corrected chi connectivity index (χ3v) is 2.87. The van der Waals surface area contributed by atoms with Gasteiger partial charge in [-0.2, -0.15) is 10.5 Å². The van der Waals surface area contributed by atoms with E-state index >= 15 is 0 Å². The van der Waals surface area contributed by atoms with Crippen LogP contribution >= 0.6 is 0 Å². The van der Waals surface area contributed by atoms with Crippen LogP contribution < -0.4 is 4.74 Å². The van der Waals surface area contributed by atoms with Gasteiger partial charge in [-0.15, -0.1) is 0 Å². The highest BCUT2D eigenvalue weighted by molar-refractivity contribution is 5.86. The van der Waals surface area contributed by atoms with E-state index in [2.05, 4.69) is 6.07 Å². The summed E-state index contributed by atoms with van der Waals surface area (Å²) in [6.45, 7) is 0. The Labute approximate surface area is 115 Å². The monoisotopic (exact) mass is 260 g/mol. The average molecular weight is 260 g/mol. The zero-order valence-corrected chi connectivity index (χ0v) is 10.3. The van der Waals surface area contributed by atoms with Gasteiger partial charge >= 0.3 is 0 Å². The molecule has 0 aliphatic heterocycles. The molecule has 1 aromatic heterocycles. The predicted molar refractivity (Wildman–Crippen MR) is 72.2 cm³/mol. The van der Waals surface area contributed by atoms with Gasteiger partial charge in [0.1, 0.15) is 23.5 Å². The minimum atomic E-state index is 0.0962. The summed E-state index contributed by atoms with van der Waals surface area (Å²) < 4.78 is 11.2. The summed E-state index contributed by atoms with van der Waals surface area (Å²) in [6, 6.07) is 18.1. The second kappa shape index (κ2) is 4.79. The minimum absolute atomic E-state index is 0.0962. The Morgan fingerprint density at radius 2 is 1.65 bits per heavy atom. The van der Waals surface area contributed by atoms with Crippen LogP contribution in [0.25, 0.3) is 11.0 Å². The first-order chi connectivity index (χ1) is 9.83. The molecule has 4 heteroatoms. The van der Waals surface area contributed by atoms with Crippen molar-refractivity contribution < 1.29 is 9.15 Å². The number of fused-ring (bicyclic) bond motifs is 1. The number of ether oxygens (including phenoxy) is 1. The molecule has 0 radical (unpaired) electrons. The van der Waals surface area contributed by atoms with E-state index in [9.17, 15) is 0 Å². The fraction of sp³-hybridized carbons (Fsp3) is 0. The summed E-state index contributed by atoms with van der Waals surface area (Å²) in [5, 5.41) is 18.9. The molecular weight excluding hydrogens is 252 g/mol. The second-order valence-electron chi connectivity index (χ2n) is 4.08. The first-order valence-electron chi connectivity index (χ1n) is 5.92. The lowest BCUT2D eigenvalue weighted by atomic mass is 10.2. The van der Waals surface area contributed by atoms with Crippen molar-refractivity contribution >= 4 is 11.0 Å². The van der Waals surface area contributed by atoms with E-state index in [-0.39, 0.29) is 5.76 Å². The van der Waals surface area contributed by atoms with Crippen molar-refractivity contribution in [3.05, 3.63) is 59.9 Å². The number of furan rings is 1. The van der Waals surface area contributed by atoms with Gasteiger partial charge < -0.3 is 9.15 Å². The maximum atomic E-state index is 9.14. The van der Waals surface area contributed by atoms with E-state index in [4.69, 9.17) is 19.7 Å². The van der Waals surface area contributed by atoms with Crippen LogP contribution in [0.3, 0.4) is 0 Å². The molecule has 0 amide bonds. The van der Waals surface area contributed by atoms with Gasteiger partial charge in [0.15, 0.2) is 5.75 Å². The molecular formula is C16H8N2O2. The predicted octanol–water partition coefficient (Wildman–Crippen LogP) is 3.97. The lowest BCUT2D eigenvalue weighted by molar-refractivity contribution is 0.466. The van der Waals surface area contributed by atoms with Gasteiger partial charge in [0.2, 0.25) is 5.76 Å². The van der Waals surface area contributed by atoms with Crippen LogP contribution in [-0.2, 0) is 0 Å². The molecule has 0 fully saturated rings. The standard InChI is InChI=1S/C16H8N2O2/c17-9-11-5-1-3-7-13(11)20-16-12-6-2-4-8-14(12)19-15(16)10-18/h1-8H. The zero-order valence-electron chi connectivity index (χ0n) is 10.3. The minimum Gasteiger partial charge on any atom is -0.450 e. The largest absolute Gasteiger partial charge is 0.450 e. The molecule has 0 aliphatic rings. The molecule has 3 rings (SSSR count). The van der Waals surface area contributed by atoms with Gasteiger partial charge in [-0.05, 0) is 24.3 Å². The van der Waals surface area contributed by atoms with Gasteiger partial charge in [0, 0.05) is 0 Å². The van der Waals surface area contributed by atoms with Crippen molar-refractivity contribution in [1.82, 2.24) is 0 Å². The molecule has 2 aromatic carbocycles. The maximum absolute atomic E-state index is 9.14. The molecule has 0 N–H and O–H groups in total. The Bertz CT molecular complexity index is 866. The molecule has 4 nitrogen and oxygen atoms in total. The SMILES string of the molecule is N#Cc1ccccc1Oc1c(C#N)oc2ccccc12. The number of para-hydroxylation sites is 2. The van der Waals surface area contributed by atoms with Crippen LogP contribution in [0.15, 0.2) is 52.9 Å². The van der Waals surface area contributed by atoms with E-state index in [1.165, 1.54) is 0 Å². The number of hydrogen-bond acceptors (Lipinski definition) is 4. The summed E-state index contributed by atoms with van der Waals surface area (Å²) in [4.78, 5) is 0. The zero-order chi connectivity index (χ0) is 13.9. The van der Waals surface area contributed by atoms with Crippen molar-refractivity contribution in [3.63, 3.8) is 0 Å². The number of nitriles is 2. The number of hydrogen-bond donors (Lipinski definition) is 0. The highest BCUT2D eigenvalue weighted by atomic mass is 16.5. The topological polar surface area (TPSA) is 69.9 Å². The Kier molecular flexibility index (Phi) is 2.84. The summed E-state index contributed by atoms with van der Waals surface area (Å²) in [5.41, 5.74) is 0.982. The Hall–Kier alpha value is -3.24. The van der Waals surface area contributed by atoms with Crippen LogP contribution in [0, 0.1) is 22.7 Å². The fourth-order valence-electron chi connectivity index (χ4n) is 1.95. The van der Waals surface area contributed by atoms with E-state index in [0.29, 0.717) is 28.0 Å². The van der Waals surface area contributed by atoms with Gasteiger partial charge in [0.05, 0.1) is 10.9 Å². The molecule has 0 saturated carbocycles. The van der Waals surface area contributed by atoms with Gasteiger partial charge in [-0.1, -0.05) is 24.3 Å². The molecule has 0 atom stereocenters.